The number of ether oxygens (including phenoxy) is 1. The van der Waals surface area contributed by atoms with E-state index in [9.17, 15) is 0 Å². The lowest BCUT2D eigenvalue weighted by molar-refractivity contribution is 0.232. The fourth-order valence-corrected chi connectivity index (χ4v) is 1.34. The molecule has 0 aromatic carbocycles. The first-order valence-corrected chi connectivity index (χ1v) is 6.20. The molecule has 1 heterocycles. The summed E-state index contributed by atoms with van der Waals surface area (Å²) in [4.78, 5) is 10.5. The Labute approximate surface area is 108 Å². The lowest BCUT2D eigenvalue weighted by Crippen LogP contribution is -2.43. The molecule has 4 nitrogen and oxygen atoms in total. The highest BCUT2D eigenvalue weighted by Gasteiger charge is 2.24. The van der Waals surface area contributed by atoms with Crippen LogP contribution in [-0.2, 0) is 0 Å². The molecule has 0 fully saturated rings. The number of aromatic nitrogens is 2. The minimum Gasteiger partial charge on any atom is -0.475 e. The summed E-state index contributed by atoms with van der Waals surface area (Å²) in [6, 6.07) is 1.75. The molecule has 1 aromatic rings. The van der Waals surface area contributed by atoms with Gasteiger partial charge < -0.3 is 9.64 Å². The summed E-state index contributed by atoms with van der Waals surface area (Å²) in [6.07, 6.45) is 1.80. The van der Waals surface area contributed by atoms with Gasteiger partial charge in [-0.1, -0.05) is 0 Å². The number of rotatable bonds is 5. The molecule has 0 spiro atoms. The molecule has 0 aliphatic heterocycles. The van der Waals surface area contributed by atoms with Gasteiger partial charge >= 0.3 is 0 Å². The summed E-state index contributed by atoms with van der Waals surface area (Å²) in [5.74, 6) is 1.71. The lowest BCUT2D eigenvalue weighted by atomic mass is 10.1. The van der Waals surface area contributed by atoms with Gasteiger partial charge in [0.1, 0.15) is 0 Å². The Morgan fingerprint density at radius 3 is 2.65 bits per heavy atom. The minimum atomic E-state index is -0.196. The molecule has 17 heavy (non-hydrogen) atoms. The van der Waals surface area contributed by atoms with Gasteiger partial charge in [-0.2, -0.15) is 4.98 Å². The maximum atomic E-state index is 5.93. The fourth-order valence-electron chi connectivity index (χ4n) is 1.16. The smallest absolute Gasteiger partial charge is 0.228 e. The highest BCUT2D eigenvalue weighted by Crippen LogP contribution is 2.21. The number of anilines is 1. The van der Waals surface area contributed by atoms with Gasteiger partial charge in [0.15, 0.2) is 0 Å². The Bertz CT molecular complexity index is 369. The van der Waals surface area contributed by atoms with Crippen LogP contribution in [0, 0.1) is 0 Å². The third-order valence-corrected chi connectivity index (χ3v) is 3.16. The van der Waals surface area contributed by atoms with E-state index in [1.807, 2.05) is 39.6 Å². The van der Waals surface area contributed by atoms with Gasteiger partial charge in [-0.25, -0.2) is 4.98 Å². The van der Waals surface area contributed by atoms with Crippen LogP contribution in [0.25, 0.3) is 0 Å². The third-order valence-electron chi connectivity index (χ3n) is 2.51. The largest absolute Gasteiger partial charge is 0.475 e. The van der Waals surface area contributed by atoms with Crippen LogP contribution in [0.15, 0.2) is 12.3 Å². The third kappa shape index (κ3) is 3.73. The van der Waals surface area contributed by atoms with E-state index in [0.717, 1.165) is 0 Å². The predicted molar refractivity (Wildman–Crippen MR) is 71.0 cm³/mol. The van der Waals surface area contributed by atoms with E-state index in [-0.39, 0.29) is 11.6 Å². The molecule has 0 unspecified atom stereocenters. The summed E-state index contributed by atoms with van der Waals surface area (Å²) in [5.41, 5.74) is -0.196. The van der Waals surface area contributed by atoms with Crippen LogP contribution in [0.5, 0.6) is 5.88 Å². The van der Waals surface area contributed by atoms with E-state index in [1.54, 1.807) is 12.3 Å². The molecular formula is C12H20ClN3O. The summed E-state index contributed by atoms with van der Waals surface area (Å²) in [7, 11) is 1.93. The Hall–Kier alpha value is -1.03. The number of hydrogen-bond acceptors (Lipinski definition) is 4. The molecule has 0 bridgehead atoms. The van der Waals surface area contributed by atoms with E-state index < -0.39 is 0 Å². The van der Waals surface area contributed by atoms with Gasteiger partial charge in [0, 0.05) is 25.2 Å². The zero-order valence-electron chi connectivity index (χ0n) is 11.1. The first-order chi connectivity index (χ1) is 7.86. The molecule has 5 heteroatoms. The van der Waals surface area contributed by atoms with Crippen LogP contribution in [0.4, 0.5) is 5.95 Å². The first kappa shape index (κ1) is 14.0. The molecule has 1 rings (SSSR count). The summed E-state index contributed by atoms with van der Waals surface area (Å²) in [5, 5.41) is 0. The molecule has 0 radical (unpaired) electrons. The normalized spacial score (nSPS) is 11.7. The van der Waals surface area contributed by atoms with Gasteiger partial charge in [0.25, 0.3) is 0 Å². The van der Waals surface area contributed by atoms with Crippen LogP contribution >= 0.6 is 11.6 Å². The van der Waals surface area contributed by atoms with Crippen molar-refractivity contribution < 1.29 is 4.74 Å². The van der Waals surface area contributed by atoms with Crippen molar-refractivity contribution in [1.29, 1.82) is 0 Å². The second-order valence-electron chi connectivity index (χ2n) is 4.87. The van der Waals surface area contributed by atoms with Crippen molar-refractivity contribution in [2.45, 2.75) is 39.3 Å². The summed E-state index contributed by atoms with van der Waals surface area (Å²) < 4.78 is 5.54. The van der Waals surface area contributed by atoms with Gasteiger partial charge in [-0.05, 0) is 27.7 Å². The second-order valence-corrected chi connectivity index (χ2v) is 5.13. The Kier molecular flexibility index (Phi) is 4.57. The Balaban J connectivity index is 2.91. The molecule has 0 saturated heterocycles. The number of hydrogen-bond donors (Lipinski definition) is 0. The molecule has 1 aromatic heterocycles. The zero-order valence-corrected chi connectivity index (χ0v) is 11.8. The van der Waals surface area contributed by atoms with Crippen molar-refractivity contribution in [2.75, 3.05) is 17.8 Å². The molecule has 0 saturated carbocycles. The van der Waals surface area contributed by atoms with Crippen LogP contribution in [0.3, 0.4) is 0 Å². The Morgan fingerprint density at radius 1 is 1.47 bits per heavy atom. The lowest BCUT2D eigenvalue weighted by Gasteiger charge is -2.33. The average Bonchev–Trinajstić information content (AvgIpc) is 2.27. The summed E-state index contributed by atoms with van der Waals surface area (Å²) in [6.45, 7) is 8.01. The van der Waals surface area contributed by atoms with Crippen molar-refractivity contribution in [2.24, 2.45) is 0 Å². The average molecular weight is 258 g/mol. The molecule has 0 N–H and O–H groups in total. The van der Waals surface area contributed by atoms with Crippen LogP contribution in [0.2, 0.25) is 0 Å². The molecule has 0 amide bonds. The maximum absolute atomic E-state index is 5.93. The quantitative estimate of drug-likeness (QED) is 0.761. The number of halogens is 1. The molecule has 0 atom stereocenters. The van der Waals surface area contributed by atoms with E-state index in [4.69, 9.17) is 16.3 Å². The van der Waals surface area contributed by atoms with Crippen molar-refractivity contribution in [3.63, 3.8) is 0 Å². The molecule has 0 aliphatic rings. The van der Waals surface area contributed by atoms with Gasteiger partial charge in [0.05, 0.1) is 11.6 Å². The van der Waals surface area contributed by atoms with Crippen molar-refractivity contribution in [3.05, 3.63) is 12.3 Å². The topological polar surface area (TPSA) is 38.2 Å². The highest BCUT2D eigenvalue weighted by molar-refractivity contribution is 6.18. The van der Waals surface area contributed by atoms with E-state index in [1.165, 1.54) is 0 Å². The van der Waals surface area contributed by atoms with E-state index in [2.05, 4.69) is 9.97 Å². The molecule has 96 valence electrons. The first-order valence-electron chi connectivity index (χ1n) is 5.66. The zero-order chi connectivity index (χ0) is 13.1. The number of alkyl halides is 1. The Morgan fingerprint density at radius 2 is 2.12 bits per heavy atom. The van der Waals surface area contributed by atoms with E-state index >= 15 is 0 Å². The maximum Gasteiger partial charge on any atom is 0.228 e. The van der Waals surface area contributed by atoms with E-state index in [0.29, 0.717) is 17.7 Å². The van der Waals surface area contributed by atoms with Crippen molar-refractivity contribution in [3.8, 4) is 5.88 Å². The summed E-state index contributed by atoms with van der Waals surface area (Å²) >= 11 is 5.93. The van der Waals surface area contributed by atoms with Crippen LogP contribution < -0.4 is 9.64 Å². The number of nitrogens with zero attached hydrogens (tertiary/aromatic N) is 3. The SMILES string of the molecule is CC(C)Oc1ccnc(N(C)C(C)(C)CCl)n1. The highest BCUT2D eigenvalue weighted by atomic mass is 35.5. The van der Waals surface area contributed by atoms with Crippen molar-refractivity contribution in [1.82, 2.24) is 9.97 Å². The molecule has 0 aliphatic carbocycles. The standard InChI is InChI=1S/C12H20ClN3O/c1-9(2)17-10-6-7-14-11(15-10)16(5)12(3,4)8-13/h6-7,9H,8H2,1-5H3. The van der Waals surface area contributed by atoms with Gasteiger partial charge in [-0.3, -0.25) is 0 Å². The predicted octanol–water partition coefficient (Wildman–Crippen LogP) is 2.72. The fraction of sp³-hybridized carbons (Fsp3) is 0.667. The van der Waals surface area contributed by atoms with Crippen LogP contribution in [0.1, 0.15) is 27.7 Å². The van der Waals surface area contributed by atoms with Gasteiger partial charge in [0.2, 0.25) is 11.8 Å². The molecular weight excluding hydrogens is 238 g/mol. The monoisotopic (exact) mass is 257 g/mol. The second kappa shape index (κ2) is 5.54. The van der Waals surface area contributed by atoms with Crippen LogP contribution in [-0.4, -0.2) is 34.5 Å². The van der Waals surface area contributed by atoms with Gasteiger partial charge in [-0.15, -0.1) is 11.6 Å². The minimum absolute atomic E-state index is 0.101. The van der Waals surface area contributed by atoms with Crippen molar-refractivity contribution >= 4 is 17.5 Å².